The Labute approximate surface area is 119 Å². The van der Waals surface area contributed by atoms with Crippen LogP contribution >= 0.6 is 0 Å². The molecule has 0 spiro atoms. The molecule has 0 radical (unpaired) electrons. The highest BCUT2D eigenvalue weighted by Crippen LogP contribution is 2.07. The van der Waals surface area contributed by atoms with E-state index in [-0.39, 0.29) is 5.91 Å². The zero-order chi connectivity index (χ0) is 15.0. The molecule has 0 aliphatic heterocycles. The zero-order valence-electron chi connectivity index (χ0n) is 11.9. The maximum atomic E-state index is 11.8. The highest BCUT2D eigenvalue weighted by molar-refractivity contribution is 5.83. The first-order chi connectivity index (χ1) is 9.52. The summed E-state index contributed by atoms with van der Waals surface area (Å²) in [4.78, 5) is 22.8. The van der Waals surface area contributed by atoms with E-state index >= 15 is 0 Å². The normalized spacial score (nSPS) is 12.3. The monoisotopic (exact) mass is 275 g/mol. The van der Waals surface area contributed by atoms with Gasteiger partial charge in [-0.3, -0.25) is 4.79 Å². The minimum absolute atomic E-state index is 0.233. The van der Waals surface area contributed by atoms with Crippen LogP contribution in [0.5, 0.6) is 0 Å². The molecule has 0 aromatic heterocycles. The molecule has 0 aliphatic carbocycles. The third-order valence-corrected chi connectivity index (χ3v) is 2.96. The molecule has 2 N–H and O–H groups in total. The number of carbonyl (C=O) groups is 2. The van der Waals surface area contributed by atoms with Crippen molar-refractivity contribution in [3.63, 3.8) is 0 Å². The molecular weight excluding hydrogens is 254 g/mol. The van der Waals surface area contributed by atoms with E-state index in [1.165, 1.54) is 0 Å². The van der Waals surface area contributed by atoms with E-state index in [1.54, 1.807) is 12.2 Å². The second kappa shape index (κ2) is 8.15. The van der Waals surface area contributed by atoms with Gasteiger partial charge in [0, 0.05) is 6.42 Å². The van der Waals surface area contributed by atoms with Crippen molar-refractivity contribution in [3.05, 3.63) is 47.5 Å². The summed E-state index contributed by atoms with van der Waals surface area (Å²) in [7, 11) is 0. The molecule has 1 atom stereocenters. The maximum absolute atomic E-state index is 11.8. The van der Waals surface area contributed by atoms with Gasteiger partial charge in [-0.1, -0.05) is 42.0 Å². The Kier molecular flexibility index (Phi) is 6.50. The second-order valence-corrected chi connectivity index (χ2v) is 4.75. The Morgan fingerprint density at radius 1 is 1.40 bits per heavy atom. The van der Waals surface area contributed by atoms with Crippen LogP contribution in [-0.4, -0.2) is 23.0 Å². The third kappa shape index (κ3) is 5.69. The number of hydrogen-bond acceptors (Lipinski definition) is 2. The summed E-state index contributed by atoms with van der Waals surface area (Å²) in [6.45, 7) is 3.82. The topological polar surface area (TPSA) is 66.4 Å². The van der Waals surface area contributed by atoms with E-state index in [0.29, 0.717) is 19.3 Å². The SMILES string of the molecule is C/C=C/CC(NC(=O)CCc1cccc(C)c1)C(=O)O. The van der Waals surface area contributed by atoms with Crippen LogP contribution in [0.2, 0.25) is 0 Å². The molecule has 1 unspecified atom stereocenters. The van der Waals surface area contributed by atoms with Crippen LogP contribution in [0.3, 0.4) is 0 Å². The summed E-state index contributed by atoms with van der Waals surface area (Å²) in [5.41, 5.74) is 2.24. The molecule has 0 fully saturated rings. The van der Waals surface area contributed by atoms with Gasteiger partial charge in [-0.15, -0.1) is 0 Å². The first-order valence-corrected chi connectivity index (χ1v) is 6.71. The highest BCUT2D eigenvalue weighted by Gasteiger charge is 2.17. The summed E-state index contributed by atoms with van der Waals surface area (Å²) < 4.78 is 0. The van der Waals surface area contributed by atoms with Crippen molar-refractivity contribution < 1.29 is 14.7 Å². The van der Waals surface area contributed by atoms with E-state index in [1.807, 2.05) is 38.1 Å². The molecule has 0 heterocycles. The Morgan fingerprint density at radius 2 is 2.15 bits per heavy atom. The number of aliphatic carboxylic acids is 1. The van der Waals surface area contributed by atoms with E-state index in [0.717, 1.165) is 11.1 Å². The highest BCUT2D eigenvalue weighted by atomic mass is 16.4. The third-order valence-electron chi connectivity index (χ3n) is 2.96. The zero-order valence-corrected chi connectivity index (χ0v) is 11.9. The summed E-state index contributed by atoms with van der Waals surface area (Å²) in [6.07, 6.45) is 4.73. The Hall–Kier alpha value is -2.10. The first kappa shape index (κ1) is 16.0. The molecule has 1 rings (SSSR count). The number of rotatable bonds is 7. The van der Waals surface area contributed by atoms with Gasteiger partial charge < -0.3 is 10.4 Å². The van der Waals surface area contributed by atoms with Gasteiger partial charge >= 0.3 is 5.97 Å². The Balaban J connectivity index is 2.47. The van der Waals surface area contributed by atoms with Gasteiger partial charge in [-0.2, -0.15) is 0 Å². The summed E-state index contributed by atoms with van der Waals surface area (Å²) in [6, 6.07) is 7.10. The minimum Gasteiger partial charge on any atom is -0.480 e. The molecule has 1 aromatic rings. The molecule has 0 saturated carbocycles. The average Bonchev–Trinajstić information content (AvgIpc) is 2.41. The van der Waals surface area contributed by atoms with Crippen LogP contribution in [0.1, 0.15) is 30.9 Å². The molecule has 0 aliphatic rings. The molecule has 4 nitrogen and oxygen atoms in total. The average molecular weight is 275 g/mol. The predicted octanol–water partition coefficient (Wildman–Crippen LogP) is 2.46. The fourth-order valence-electron chi connectivity index (χ4n) is 1.89. The van der Waals surface area contributed by atoms with Crippen LogP contribution < -0.4 is 5.32 Å². The van der Waals surface area contributed by atoms with Crippen LogP contribution in [0.25, 0.3) is 0 Å². The Bertz CT molecular complexity index is 494. The first-order valence-electron chi connectivity index (χ1n) is 6.71. The van der Waals surface area contributed by atoms with Gasteiger partial charge in [0.2, 0.25) is 5.91 Å². The van der Waals surface area contributed by atoms with E-state index in [9.17, 15) is 9.59 Å². The van der Waals surface area contributed by atoms with Gasteiger partial charge in [0.05, 0.1) is 0 Å². The van der Waals surface area contributed by atoms with Crippen molar-refractivity contribution in [1.29, 1.82) is 0 Å². The lowest BCUT2D eigenvalue weighted by Gasteiger charge is -2.12. The van der Waals surface area contributed by atoms with Gasteiger partial charge in [0.25, 0.3) is 0 Å². The van der Waals surface area contributed by atoms with Gasteiger partial charge in [0.1, 0.15) is 6.04 Å². The summed E-state index contributed by atoms with van der Waals surface area (Å²) in [5, 5.41) is 11.6. The number of carboxylic acids is 1. The number of benzene rings is 1. The molecule has 1 aromatic carbocycles. The van der Waals surface area contributed by atoms with E-state index < -0.39 is 12.0 Å². The van der Waals surface area contributed by atoms with Crippen molar-refractivity contribution >= 4 is 11.9 Å². The second-order valence-electron chi connectivity index (χ2n) is 4.75. The fourth-order valence-corrected chi connectivity index (χ4v) is 1.89. The fraction of sp³-hybridized carbons (Fsp3) is 0.375. The van der Waals surface area contributed by atoms with Crippen LogP contribution in [0.4, 0.5) is 0 Å². The van der Waals surface area contributed by atoms with Crippen molar-refractivity contribution in [1.82, 2.24) is 5.32 Å². The molecular formula is C16H21NO3. The lowest BCUT2D eigenvalue weighted by atomic mass is 10.1. The van der Waals surface area contributed by atoms with Crippen LogP contribution in [0.15, 0.2) is 36.4 Å². The van der Waals surface area contributed by atoms with E-state index in [4.69, 9.17) is 5.11 Å². The number of allylic oxidation sites excluding steroid dienone is 1. The summed E-state index contributed by atoms with van der Waals surface area (Å²) >= 11 is 0. The molecule has 1 amide bonds. The lowest BCUT2D eigenvalue weighted by Crippen LogP contribution is -2.40. The van der Waals surface area contributed by atoms with Crippen molar-refractivity contribution in [2.24, 2.45) is 0 Å². The summed E-state index contributed by atoms with van der Waals surface area (Å²) in [5.74, 6) is -1.24. The van der Waals surface area contributed by atoms with Crippen LogP contribution in [-0.2, 0) is 16.0 Å². The largest absolute Gasteiger partial charge is 0.480 e. The molecule has 20 heavy (non-hydrogen) atoms. The van der Waals surface area contributed by atoms with E-state index in [2.05, 4.69) is 5.32 Å². The quantitative estimate of drug-likeness (QED) is 0.751. The van der Waals surface area contributed by atoms with Gasteiger partial charge in [-0.25, -0.2) is 4.79 Å². The molecule has 108 valence electrons. The number of aryl methyl sites for hydroxylation is 2. The maximum Gasteiger partial charge on any atom is 0.326 e. The standard InChI is InChI=1S/C16H21NO3/c1-3-4-8-14(16(19)20)17-15(18)10-9-13-7-5-6-12(2)11-13/h3-7,11,14H,8-10H2,1-2H3,(H,17,18)(H,19,20)/b4-3+. The number of carbonyl (C=O) groups excluding carboxylic acids is 1. The Morgan fingerprint density at radius 3 is 2.75 bits per heavy atom. The van der Waals surface area contributed by atoms with Gasteiger partial charge in [0.15, 0.2) is 0 Å². The molecule has 0 saturated heterocycles. The molecule has 0 bridgehead atoms. The number of hydrogen-bond donors (Lipinski definition) is 2. The van der Waals surface area contributed by atoms with Crippen molar-refractivity contribution in [2.45, 2.75) is 39.2 Å². The predicted molar refractivity (Wildman–Crippen MR) is 78.5 cm³/mol. The van der Waals surface area contributed by atoms with Gasteiger partial charge in [-0.05, 0) is 32.3 Å². The van der Waals surface area contributed by atoms with Crippen LogP contribution in [0, 0.1) is 6.92 Å². The van der Waals surface area contributed by atoms with Crippen molar-refractivity contribution in [2.75, 3.05) is 0 Å². The number of carboxylic acid groups (broad SMARTS) is 1. The number of amides is 1. The smallest absolute Gasteiger partial charge is 0.326 e. The molecule has 4 heteroatoms. The minimum atomic E-state index is -1.01. The lowest BCUT2D eigenvalue weighted by molar-refractivity contribution is -0.141. The van der Waals surface area contributed by atoms with Crippen molar-refractivity contribution in [3.8, 4) is 0 Å². The number of nitrogens with one attached hydrogen (secondary N) is 1.